The smallest absolute Gasteiger partial charge is 0.255 e. The normalized spacial score (nSPS) is 18.2. The number of nitrogens with one attached hydrogen (secondary N) is 2. The van der Waals surface area contributed by atoms with Crippen LogP contribution >= 0.6 is 0 Å². The Morgan fingerprint density at radius 3 is 2.23 bits per heavy atom. The SMILES string of the molecule is CC/C(=C(\c1ccc(O)cc1)c1ccc(N2CCN(CCCCNc3ccc4c(c3)C(=O)N(C3CCC(=O)NC3=O)C4)CC2)cc1)c1ccccc1. The summed E-state index contributed by atoms with van der Waals surface area (Å²) in [6.07, 6.45) is 3.62. The average molecular weight is 698 g/mol. The first-order valence-corrected chi connectivity index (χ1v) is 18.5. The lowest BCUT2D eigenvalue weighted by Crippen LogP contribution is -2.52. The Labute approximate surface area is 305 Å². The van der Waals surface area contributed by atoms with E-state index in [1.165, 1.54) is 28.0 Å². The summed E-state index contributed by atoms with van der Waals surface area (Å²) in [7, 11) is 0. The van der Waals surface area contributed by atoms with Crippen LogP contribution in [0.25, 0.3) is 11.1 Å². The Morgan fingerprint density at radius 1 is 0.827 bits per heavy atom. The summed E-state index contributed by atoms with van der Waals surface area (Å²) in [5.41, 5.74) is 9.65. The number of benzene rings is 4. The molecule has 4 aromatic carbocycles. The molecule has 0 radical (unpaired) electrons. The third-order valence-corrected chi connectivity index (χ3v) is 10.6. The average Bonchev–Trinajstić information content (AvgIpc) is 3.49. The number of anilines is 2. The molecule has 0 aliphatic carbocycles. The number of piperazine rings is 1. The Hall–Kier alpha value is -5.41. The Kier molecular flexibility index (Phi) is 10.7. The second kappa shape index (κ2) is 15.9. The minimum absolute atomic E-state index is 0.146. The number of hydrogen-bond donors (Lipinski definition) is 3. The maximum atomic E-state index is 13.1. The van der Waals surface area contributed by atoms with Gasteiger partial charge in [-0.25, -0.2) is 0 Å². The van der Waals surface area contributed by atoms with Crippen molar-refractivity contribution in [2.45, 2.75) is 51.6 Å². The van der Waals surface area contributed by atoms with Gasteiger partial charge in [0.2, 0.25) is 11.8 Å². The van der Waals surface area contributed by atoms with Crippen LogP contribution in [0, 0.1) is 0 Å². The van der Waals surface area contributed by atoms with E-state index in [1.54, 1.807) is 17.0 Å². The number of phenolic OH excluding ortho intramolecular Hbond substituents is 1. The topological polar surface area (TPSA) is 105 Å². The van der Waals surface area contributed by atoms with E-state index >= 15 is 0 Å². The quantitative estimate of drug-likeness (QED) is 0.0878. The van der Waals surface area contributed by atoms with Crippen LogP contribution < -0.4 is 15.5 Å². The number of phenols is 1. The first-order chi connectivity index (χ1) is 25.4. The van der Waals surface area contributed by atoms with Crippen molar-refractivity contribution in [2.24, 2.45) is 0 Å². The molecule has 7 rings (SSSR count). The molecule has 3 N–H and O–H groups in total. The van der Waals surface area contributed by atoms with E-state index < -0.39 is 6.04 Å². The summed E-state index contributed by atoms with van der Waals surface area (Å²) in [5.74, 6) is -0.539. The molecular formula is C43H47N5O4. The lowest BCUT2D eigenvalue weighted by atomic mass is 9.88. The minimum atomic E-state index is -0.594. The zero-order valence-corrected chi connectivity index (χ0v) is 29.8. The number of carbonyl (C=O) groups excluding carboxylic acids is 3. The number of imide groups is 1. The molecule has 2 saturated heterocycles. The van der Waals surface area contributed by atoms with E-state index in [1.807, 2.05) is 36.4 Å². The molecule has 3 amide bonds. The van der Waals surface area contributed by atoms with E-state index in [0.717, 1.165) is 75.3 Å². The predicted octanol–water partition coefficient (Wildman–Crippen LogP) is 6.54. The summed E-state index contributed by atoms with van der Waals surface area (Å²) in [6.45, 7) is 8.50. The molecule has 0 saturated carbocycles. The van der Waals surface area contributed by atoms with Crippen molar-refractivity contribution in [3.05, 3.63) is 125 Å². The van der Waals surface area contributed by atoms with Gasteiger partial charge in [0.05, 0.1) is 0 Å². The van der Waals surface area contributed by atoms with Gasteiger partial charge < -0.3 is 20.2 Å². The number of hydrogen-bond acceptors (Lipinski definition) is 7. The van der Waals surface area contributed by atoms with Crippen LogP contribution in [0.15, 0.2) is 97.1 Å². The van der Waals surface area contributed by atoms with Crippen LogP contribution in [0.4, 0.5) is 11.4 Å². The number of unbranched alkanes of at least 4 members (excludes halogenated alkanes) is 1. The predicted molar refractivity (Wildman–Crippen MR) is 206 cm³/mol. The fourth-order valence-electron chi connectivity index (χ4n) is 7.73. The van der Waals surface area contributed by atoms with Crippen LogP contribution in [0.1, 0.15) is 71.6 Å². The molecule has 2 fully saturated rings. The van der Waals surface area contributed by atoms with Crippen molar-refractivity contribution in [1.29, 1.82) is 0 Å². The lowest BCUT2D eigenvalue weighted by molar-refractivity contribution is -0.136. The Balaban J connectivity index is 0.886. The summed E-state index contributed by atoms with van der Waals surface area (Å²) < 4.78 is 0. The Bertz CT molecular complexity index is 1930. The molecular weight excluding hydrogens is 651 g/mol. The van der Waals surface area contributed by atoms with Crippen LogP contribution in [0.2, 0.25) is 0 Å². The van der Waals surface area contributed by atoms with Crippen molar-refractivity contribution in [3.8, 4) is 5.75 Å². The third-order valence-electron chi connectivity index (χ3n) is 10.6. The molecule has 4 aromatic rings. The molecule has 3 heterocycles. The van der Waals surface area contributed by atoms with Crippen molar-refractivity contribution >= 4 is 40.2 Å². The van der Waals surface area contributed by atoms with Crippen molar-refractivity contribution in [3.63, 3.8) is 0 Å². The zero-order valence-electron chi connectivity index (χ0n) is 29.8. The van der Waals surface area contributed by atoms with Gasteiger partial charge in [-0.15, -0.1) is 0 Å². The minimum Gasteiger partial charge on any atom is -0.508 e. The third kappa shape index (κ3) is 7.75. The molecule has 52 heavy (non-hydrogen) atoms. The fourth-order valence-corrected chi connectivity index (χ4v) is 7.73. The van der Waals surface area contributed by atoms with Crippen molar-refractivity contribution in [2.75, 3.05) is 49.5 Å². The first-order valence-electron chi connectivity index (χ1n) is 18.5. The van der Waals surface area contributed by atoms with Crippen LogP contribution in [0.5, 0.6) is 5.75 Å². The largest absolute Gasteiger partial charge is 0.508 e. The molecule has 1 atom stereocenters. The zero-order chi connectivity index (χ0) is 36.0. The highest BCUT2D eigenvalue weighted by Gasteiger charge is 2.39. The van der Waals surface area contributed by atoms with Gasteiger partial charge in [0.25, 0.3) is 5.91 Å². The van der Waals surface area contributed by atoms with Crippen LogP contribution in [0.3, 0.4) is 0 Å². The maximum Gasteiger partial charge on any atom is 0.255 e. The van der Waals surface area contributed by atoms with Gasteiger partial charge in [-0.05, 0) is 102 Å². The number of rotatable bonds is 12. The van der Waals surface area contributed by atoms with E-state index in [4.69, 9.17) is 0 Å². The van der Waals surface area contributed by atoms with Gasteiger partial charge >= 0.3 is 0 Å². The van der Waals surface area contributed by atoms with Gasteiger partial charge in [0, 0.05) is 62.6 Å². The maximum absolute atomic E-state index is 13.1. The number of amides is 3. The molecule has 0 aromatic heterocycles. The van der Waals surface area contributed by atoms with Crippen LogP contribution in [-0.2, 0) is 16.1 Å². The number of aromatic hydroxyl groups is 1. The molecule has 3 aliphatic rings. The highest BCUT2D eigenvalue weighted by molar-refractivity contribution is 6.05. The summed E-state index contributed by atoms with van der Waals surface area (Å²) >= 11 is 0. The van der Waals surface area contributed by atoms with Crippen molar-refractivity contribution < 1.29 is 19.5 Å². The molecule has 3 aliphatic heterocycles. The van der Waals surface area contributed by atoms with Gasteiger partial charge in [0.15, 0.2) is 0 Å². The van der Waals surface area contributed by atoms with Crippen LogP contribution in [-0.4, -0.2) is 77.9 Å². The molecule has 268 valence electrons. The standard InChI is InChI=1S/C43H47N5O4/c1-2-37(30-8-4-3-5-9-30)41(32-13-18-36(49)19-14-32)31-11-16-35(17-12-31)47-26-24-46(25-27-47)23-7-6-22-44-34-15-10-33-29-48(43(52)38(33)28-34)39-20-21-40(50)45-42(39)51/h3-5,8-19,28,39,44,49H,2,6-7,20-27,29H2,1H3,(H,45,50,51)/b41-37+. The van der Waals surface area contributed by atoms with E-state index in [0.29, 0.717) is 18.5 Å². The molecule has 1 unspecified atom stereocenters. The summed E-state index contributed by atoms with van der Waals surface area (Å²) in [4.78, 5) is 43.7. The molecule has 9 heteroatoms. The summed E-state index contributed by atoms with van der Waals surface area (Å²) in [5, 5.41) is 15.8. The molecule has 9 nitrogen and oxygen atoms in total. The van der Waals surface area contributed by atoms with E-state index in [-0.39, 0.29) is 29.9 Å². The van der Waals surface area contributed by atoms with E-state index in [2.05, 4.69) is 75.9 Å². The molecule has 0 bridgehead atoms. The Morgan fingerprint density at radius 2 is 1.54 bits per heavy atom. The highest BCUT2D eigenvalue weighted by atomic mass is 16.3. The van der Waals surface area contributed by atoms with Crippen molar-refractivity contribution in [1.82, 2.24) is 15.1 Å². The number of fused-ring (bicyclic) bond motifs is 1. The van der Waals surface area contributed by atoms with Gasteiger partial charge in [-0.1, -0.05) is 67.6 Å². The fraction of sp³-hybridized carbons (Fsp3) is 0.326. The highest BCUT2D eigenvalue weighted by Crippen LogP contribution is 2.36. The second-order valence-electron chi connectivity index (χ2n) is 13.9. The summed E-state index contributed by atoms with van der Waals surface area (Å²) in [6, 6.07) is 32.3. The van der Waals surface area contributed by atoms with Gasteiger partial charge in [-0.3, -0.25) is 24.6 Å². The van der Waals surface area contributed by atoms with E-state index in [9.17, 15) is 19.5 Å². The molecule has 0 spiro atoms. The second-order valence-corrected chi connectivity index (χ2v) is 13.9. The number of piperidine rings is 1. The van der Waals surface area contributed by atoms with Gasteiger partial charge in [-0.2, -0.15) is 0 Å². The number of nitrogens with zero attached hydrogens (tertiary/aromatic N) is 3. The number of carbonyl (C=O) groups is 3. The monoisotopic (exact) mass is 697 g/mol. The first kappa shape index (κ1) is 35.0. The number of allylic oxidation sites excluding steroid dienone is 1. The lowest BCUT2D eigenvalue weighted by Gasteiger charge is -2.36. The van der Waals surface area contributed by atoms with Gasteiger partial charge in [0.1, 0.15) is 11.8 Å².